The number of carbonyl (C=O) groups is 2. The van der Waals surface area contributed by atoms with Crippen molar-refractivity contribution in [2.45, 2.75) is 25.6 Å². The maximum absolute atomic E-state index is 12.3. The summed E-state index contributed by atoms with van der Waals surface area (Å²) in [5.74, 6) is 0.830. The van der Waals surface area contributed by atoms with Gasteiger partial charge in [0.15, 0.2) is 0 Å². The van der Waals surface area contributed by atoms with Crippen molar-refractivity contribution in [2.24, 2.45) is 0 Å². The highest BCUT2D eigenvalue weighted by molar-refractivity contribution is 7.80. The molecule has 150 valence electrons. The Morgan fingerprint density at radius 1 is 1.04 bits per heavy atom. The van der Waals surface area contributed by atoms with Crippen molar-refractivity contribution < 1.29 is 14.3 Å². The fourth-order valence-electron chi connectivity index (χ4n) is 2.65. The smallest absolute Gasteiger partial charge is 0.239 e. The number of methoxy groups -OCH3 is 1. The first-order chi connectivity index (χ1) is 13.5. The lowest BCUT2D eigenvalue weighted by atomic mass is 10.1. The predicted octanol–water partition coefficient (Wildman–Crippen LogP) is 2.08. The van der Waals surface area contributed by atoms with Crippen LogP contribution in [0.15, 0.2) is 54.6 Å². The van der Waals surface area contributed by atoms with Gasteiger partial charge in [0.05, 0.1) is 19.7 Å². The monoisotopic (exact) mass is 401 g/mol. The molecule has 2 amide bonds. The summed E-state index contributed by atoms with van der Waals surface area (Å²) in [4.78, 5) is 24.2. The lowest BCUT2D eigenvalue weighted by molar-refractivity contribution is -0.127. The Labute approximate surface area is 171 Å². The van der Waals surface area contributed by atoms with Crippen molar-refractivity contribution in [1.82, 2.24) is 16.0 Å². The molecule has 3 N–H and O–H groups in total. The summed E-state index contributed by atoms with van der Waals surface area (Å²) >= 11 is 4.38. The first kappa shape index (κ1) is 21.8. The van der Waals surface area contributed by atoms with Crippen LogP contribution >= 0.6 is 12.6 Å². The van der Waals surface area contributed by atoms with Crippen LogP contribution in [0.4, 0.5) is 0 Å². The van der Waals surface area contributed by atoms with Gasteiger partial charge < -0.3 is 15.4 Å². The van der Waals surface area contributed by atoms with Gasteiger partial charge >= 0.3 is 0 Å². The summed E-state index contributed by atoms with van der Waals surface area (Å²) in [6.45, 7) is 2.13. The first-order valence-corrected chi connectivity index (χ1v) is 9.76. The average molecular weight is 402 g/mol. The zero-order valence-corrected chi connectivity index (χ0v) is 17.0. The lowest BCUT2D eigenvalue weighted by Crippen LogP contribution is -2.46. The largest absolute Gasteiger partial charge is 0.497 e. The molecule has 28 heavy (non-hydrogen) atoms. The van der Waals surface area contributed by atoms with Gasteiger partial charge in [-0.2, -0.15) is 12.6 Å². The number of amides is 2. The molecule has 7 heteroatoms. The van der Waals surface area contributed by atoms with Crippen LogP contribution in [0.2, 0.25) is 0 Å². The van der Waals surface area contributed by atoms with Crippen LogP contribution in [-0.2, 0) is 16.1 Å². The van der Waals surface area contributed by atoms with Crippen LogP contribution in [-0.4, -0.2) is 37.3 Å². The molecule has 0 aliphatic carbocycles. The summed E-state index contributed by atoms with van der Waals surface area (Å²) in [6, 6.07) is 16.7. The molecule has 0 spiro atoms. The predicted molar refractivity (Wildman–Crippen MR) is 113 cm³/mol. The van der Waals surface area contributed by atoms with E-state index < -0.39 is 6.04 Å². The summed E-state index contributed by atoms with van der Waals surface area (Å²) < 4.78 is 5.16. The Morgan fingerprint density at radius 2 is 1.71 bits per heavy atom. The molecule has 2 atom stereocenters. The number of ether oxygens (including phenoxy) is 1. The molecule has 0 fully saturated rings. The van der Waals surface area contributed by atoms with Crippen molar-refractivity contribution in [1.29, 1.82) is 0 Å². The minimum Gasteiger partial charge on any atom is -0.497 e. The van der Waals surface area contributed by atoms with Gasteiger partial charge in [0, 0.05) is 18.3 Å². The lowest BCUT2D eigenvalue weighted by Gasteiger charge is -2.22. The zero-order valence-electron chi connectivity index (χ0n) is 16.1. The number of thiol groups is 1. The Balaban J connectivity index is 1.78. The molecular weight excluding hydrogens is 374 g/mol. The van der Waals surface area contributed by atoms with Crippen molar-refractivity contribution in [3.8, 4) is 5.75 Å². The molecule has 0 saturated heterocycles. The highest BCUT2D eigenvalue weighted by Crippen LogP contribution is 2.19. The summed E-state index contributed by atoms with van der Waals surface area (Å²) in [6.07, 6.45) is 0. The van der Waals surface area contributed by atoms with E-state index in [0.29, 0.717) is 12.3 Å². The molecule has 0 unspecified atom stereocenters. The van der Waals surface area contributed by atoms with Crippen LogP contribution in [0.3, 0.4) is 0 Å². The minimum atomic E-state index is -0.471. The van der Waals surface area contributed by atoms with Gasteiger partial charge in [0.25, 0.3) is 0 Å². The number of rotatable bonds is 10. The standard InChI is InChI=1S/C21H27N3O3S/c1-15(24-19(14-28)17-8-10-18(27-2)11-9-17)21(26)23-13-20(25)22-12-16-6-4-3-5-7-16/h3-11,15,19,24,28H,12-14H2,1-2H3,(H,22,25)(H,23,26)/t15-,19-/m0/s1. The molecule has 0 saturated carbocycles. The van der Waals surface area contributed by atoms with Gasteiger partial charge in [-0.25, -0.2) is 0 Å². The van der Waals surface area contributed by atoms with Gasteiger partial charge in [0.2, 0.25) is 11.8 Å². The van der Waals surface area contributed by atoms with E-state index in [1.54, 1.807) is 14.0 Å². The van der Waals surface area contributed by atoms with Crippen LogP contribution < -0.4 is 20.7 Å². The second kappa shape index (κ2) is 11.4. The average Bonchev–Trinajstić information content (AvgIpc) is 2.74. The van der Waals surface area contributed by atoms with E-state index in [-0.39, 0.29) is 24.4 Å². The van der Waals surface area contributed by atoms with Crippen LogP contribution in [0, 0.1) is 0 Å². The van der Waals surface area contributed by atoms with E-state index in [1.165, 1.54) is 0 Å². The van der Waals surface area contributed by atoms with Crippen molar-refractivity contribution in [2.75, 3.05) is 19.4 Å². The van der Waals surface area contributed by atoms with Crippen molar-refractivity contribution in [3.05, 3.63) is 65.7 Å². The van der Waals surface area contributed by atoms with Crippen LogP contribution in [0.25, 0.3) is 0 Å². The molecule has 0 bridgehead atoms. The SMILES string of the molecule is COc1ccc([C@H](CS)N[C@@H](C)C(=O)NCC(=O)NCc2ccccc2)cc1. The third kappa shape index (κ3) is 6.90. The minimum absolute atomic E-state index is 0.0637. The normalized spacial score (nSPS) is 12.7. The van der Waals surface area contributed by atoms with Crippen molar-refractivity contribution in [3.63, 3.8) is 0 Å². The number of nitrogens with one attached hydrogen (secondary N) is 3. The molecule has 0 radical (unpaired) electrons. The molecule has 0 aliphatic heterocycles. The Morgan fingerprint density at radius 3 is 2.32 bits per heavy atom. The maximum atomic E-state index is 12.3. The number of carbonyl (C=O) groups excluding carboxylic acids is 2. The topological polar surface area (TPSA) is 79.5 Å². The van der Waals surface area contributed by atoms with E-state index in [4.69, 9.17) is 4.74 Å². The molecule has 2 aromatic rings. The molecule has 2 aromatic carbocycles. The quantitative estimate of drug-likeness (QED) is 0.460. The fraction of sp³-hybridized carbons (Fsp3) is 0.333. The van der Waals surface area contributed by atoms with Gasteiger partial charge in [-0.1, -0.05) is 42.5 Å². The zero-order chi connectivity index (χ0) is 20.4. The molecule has 2 rings (SSSR count). The summed E-state index contributed by atoms with van der Waals surface area (Å²) in [7, 11) is 1.62. The Hall–Kier alpha value is -2.51. The van der Waals surface area contributed by atoms with E-state index in [2.05, 4.69) is 28.6 Å². The third-order valence-electron chi connectivity index (χ3n) is 4.30. The summed E-state index contributed by atoms with van der Waals surface area (Å²) in [5.41, 5.74) is 2.02. The van der Waals surface area contributed by atoms with Crippen molar-refractivity contribution >= 4 is 24.4 Å². The first-order valence-electron chi connectivity index (χ1n) is 9.12. The molecule has 6 nitrogen and oxygen atoms in total. The highest BCUT2D eigenvalue weighted by Gasteiger charge is 2.19. The van der Waals surface area contributed by atoms with Crippen LogP contribution in [0.5, 0.6) is 5.75 Å². The number of hydrogen-bond acceptors (Lipinski definition) is 5. The second-order valence-electron chi connectivity index (χ2n) is 6.38. The van der Waals surface area contributed by atoms with E-state index in [1.807, 2.05) is 54.6 Å². The molecule has 0 aliphatic rings. The fourth-order valence-corrected chi connectivity index (χ4v) is 2.96. The van der Waals surface area contributed by atoms with Gasteiger partial charge in [0.1, 0.15) is 5.75 Å². The maximum Gasteiger partial charge on any atom is 0.239 e. The number of hydrogen-bond donors (Lipinski definition) is 4. The van der Waals surface area contributed by atoms with Gasteiger partial charge in [-0.3, -0.25) is 14.9 Å². The third-order valence-corrected chi connectivity index (χ3v) is 4.67. The van der Waals surface area contributed by atoms with E-state index in [0.717, 1.165) is 16.9 Å². The Kier molecular flexibility index (Phi) is 8.84. The Bertz CT molecular complexity index is 753. The van der Waals surface area contributed by atoms with E-state index >= 15 is 0 Å². The number of benzene rings is 2. The second-order valence-corrected chi connectivity index (χ2v) is 6.74. The van der Waals surface area contributed by atoms with E-state index in [9.17, 15) is 9.59 Å². The van der Waals surface area contributed by atoms with Gasteiger partial charge in [-0.05, 0) is 30.2 Å². The van der Waals surface area contributed by atoms with Gasteiger partial charge in [-0.15, -0.1) is 0 Å². The molecule has 0 aromatic heterocycles. The highest BCUT2D eigenvalue weighted by atomic mass is 32.1. The summed E-state index contributed by atoms with van der Waals surface area (Å²) in [5, 5.41) is 8.68. The molecule has 0 heterocycles. The molecular formula is C21H27N3O3S. The van der Waals surface area contributed by atoms with Crippen LogP contribution in [0.1, 0.15) is 24.1 Å².